The van der Waals surface area contributed by atoms with Crippen LogP contribution >= 0.6 is 0 Å². The number of carbonyl (C=O) groups is 1. The van der Waals surface area contributed by atoms with Gasteiger partial charge < -0.3 is 10.5 Å². The number of amides is 1. The van der Waals surface area contributed by atoms with Crippen LogP contribution in [0.15, 0.2) is 6.33 Å². The maximum absolute atomic E-state index is 10.8. The minimum absolute atomic E-state index is 0.00370. The summed E-state index contributed by atoms with van der Waals surface area (Å²) in [4.78, 5) is 14.6. The Hall–Kier alpha value is -1.87. The van der Waals surface area contributed by atoms with Crippen molar-refractivity contribution in [2.24, 2.45) is 5.73 Å². The van der Waals surface area contributed by atoms with Gasteiger partial charge in [-0.05, 0) is 12.8 Å². The molecule has 2 heterocycles. The second-order valence-corrected chi connectivity index (χ2v) is 3.61. The Bertz CT molecular complexity index is 434. The van der Waals surface area contributed by atoms with Crippen LogP contribution in [-0.4, -0.2) is 26.8 Å². The zero-order chi connectivity index (χ0) is 11.5. The van der Waals surface area contributed by atoms with Gasteiger partial charge in [-0.15, -0.1) is 17.4 Å². The van der Waals surface area contributed by atoms with Crippen LogP contribution < -0.4 is 5.73 Å². The van der Waals surface area contributed by atoms with Crippen molar-refractivity contribution in [3.8, 4) is 12.3 Å². The first kappa shape index (κ1) is 10.6. The van der Waals surface area contributed by atoms with Gasteiger partial charge in [0.15, 0.2) is 6.23 Å². The topological polar surface area (TPSA) is 83.0 Å². The molecule has 0 radical (unpaired) electrons. The molecule has 16 heavy (non-hydrogen) atoms. The number of primary amides is 1. The Morgan fingerprint density at radius 1 is 1.75 bits per heavy atom. The fraction of sp³-hybridized carbons (Fsp3) is 0.500. The Morgan fingerprint density at radius 3 is 3.19 bits per heavy atom. The molecule has 0 saturated carbocycles. The van der Waals surface area contributed by atoms with E-state index in [-0.39, 0.29) is 18.2 Å². The minimum atomic E-state index is -0.642. The van der Waals surface area contributed by atoms with E-state index in [0.29, 0.717) is 6.42 Å². The van der Waals surface area contributed by atoms with Gasteiger partial charge in [0.05, 0.1) is 6.10 Å². The highest BCUT2D eigenvalue weighted by atomic mass is 16.5. The van der Waals surface area contributed by atoms with Gasteiger partial charge >= 0.3 is 0 Å². The zero-order valence-electron chi connectivity index (χ0n) is 8.67. The Balaban J connectivity index is 2.03. The van der Waals surface area contributed by atoms with Crippen molar-refractivity contribution < 1.29 is 9.53 Å². The molecule has 0 unspecified atom stereocenters. The largest absolute Gasteiger partial charge is 0.363 e. The second-order valence-electron chi connectivity index (χ2n) is 3.61. The molecular weight excluding hydrogens is 208 g/mol. The first-order valence-corrected chi connectivity index (χ1v) is 5.00. The predicted molar refractivity (Wildman–Crippen MR) is 55.1 cm³/mol. The van der Waals surface area contributed by atoms with E-state index >= 15 is 0 Å². The number of ether oxygens (including phenoxy) is 1. The van der Waals surface area contributed by atoms with Gasteiger partial charge in [-0.2, -0.15) is 0 Å². The lowest BCUT2D eigenvalue weighted by Crippen LogP contribution is -2.15. The van der Waals surface area contributed by atoms with Crippen LogP contribution in [-0.2, 0) is 4.74 Å². The summed E-state index contributed by atoms with van der Waals surface area (Å²) in [6.07, 6.45) is 8.82. The lowest BCUT2D eigenvalue weighted by Gasteiger charge is -2.11. The molecule has 6 nitrogen and oxygen atoms in total. The van der Waals surface area contributed by atoms with E-state index in [4.69, 9.17) is 16.9 Å². The quantitative estimate of drug-likeness (QED) is 0.731. The van der Waals surface area contributed by atoms with E-state index in [0.717, 1.165) is 12.8 Å². The van der Waals surface area contributed by atoms with Crippen LogP contribution in [0.4, 0.5) is 0 Å². The number of hydrogen-bond acceptors (Lipinski definition) is 4. The molecular formula is C10H12N4O2. The molecule has 1 aliphatic heterocycles. The molecule has 0 spiro atoms. The summed E-state index contributed by atoms with van der Waals surface area (Å²) in [7, 11) is 0. The third-order valence-corrected chi connectivity index (χ3v) is 2.45. The van der Waals surface area contributed by atoms with Gasteiger partial charge in [-0.25, -0.2) is 9.67 Å². The fourth-order valence-electron chi connectivity index (χ4n) is 1.69. The van der Waals surface area contributed by atoms with Crippen molar-refractivity contribution in [3.05, 3.63) is 12.2 Å². The normalized spacial score (nSPS) is 24.2. The fourth-order valence-corrected chi connectivity index (χ4v) is 1.69. The molecule has 1 aromatic rings. The number of carbonyl (C=O) groups excluding carboxylic acids is 1. The highest BCUT2D eigenvalue weighted by molar-refractivity contribution is 5.88. The second kappa shape index (κ2) is 4.33. The van der Waals surface area contributed by atoms with E-state index < -0.39 is 5.91 Å². The predicted octanol–water partition coefficient (Wildman–Crippen LogP) is 0.0779. The number of terminal acetylenes is 1. The van der Waals surface area contributed by atoms with Crippen molar-refractivity contribution in [3.63, 3.8) is 0 Å². The van der Waals surface area contributed by atoms with Crippen molar-refractivity contribution in [2.75, 3.05) is 0 Å². The maximum atomic E-state index is 10.8. The number of rotatable bonds is 3. The first-order valence-electron chi connectivity index (χ1n) is 5.00. The lowest BCUT2D eigenvalue weighted by molar-refractivity contribution is -0.00298. The molecule has 84 valence electrons. The van der Waals surface area contributed by atoms with Crippen LogP contribution in [0.25, 0.3) is 0 Å². The molecule has 0 aromatic carbocycles. The Labute approximate surface area is 92.8 Å². The van der Waals surface area contributed by atoms with Gasteiger partial charge in [0, 0.05) is 6.42 Å². The summed E-state index contributed by atoms with van der Waals surface area (Å²) >= 11 is 0. The summed E-state index contributed by atoms with van der Waals surface area (Å²) in [5, 5.41) is 3.94. The smallest absolute Gasteiger partial charge is 0.288 e. The van der Waals surface area contributed by atoms with Crippen LogP contribution in [0.5, 0.6) is 0 Å². The van der Waals surface area contributed by atoms with Crippen LogP contribution in [0.1, 0.15) is 36.1 Å². The van der Waals surface area contributed by atoms with Gasteiger partial charge in [0.25, 0.3) is 5.91 Å². The van der Waals surface area contributed by atoms with E-state index in [9.17, 15) is 4.79 Å². The van der Waals surface area contributed by atoms with Crippen molar-refractivity contribution in [2.45, 2.75) is 31.6 Å². The summed E-state index contributed by atoms with van der Waals surface area (Å²) in [6, 6.07) is 0. The lowest BCUT2D eigenvalue weighted by atomic mass is 10.2. The Morgan fingerprint density at radius 2 is 2.56 bits per heavy atom. The summed E-state index contributed by atoms with van der Waals surface area (Å²) in [5.41, 5.74) is 5.06. The Kier molecular flexibility index (Phi) is 2.88. The molecule has 2 atom stereocenters. The van der Waals surface area contributed by atoms with Gasteiger partial charge in [-0.3, -0.25) is 4.79 Å². The summed E-state index contributed by atoms with van der Waals surface area (Å²) < 4.78 is 7.16. The summed E-state index contributed by atoms with van der Waals surface area (Å²) in [6.45, 7) is 0. The van der Waals surface area contributed by atoms with Crippen LogP contribution in [0.2, 0.25) is 0 Å². The number of nitrogens with zero attached hydrogens (tertiary/aromatic N) is 3. The first-order chi connectivity index (χ1) is 7.70. The molecule has 2 N–H and O–H groups in total. The van der Waals surface area contributed by atoms with Gasteiger partial charge in [-0.1, -0.05) is 0 Å². The maximum Gasteiger partial charge on any atom is 0.288 e. The third kappa shape index (κ3) is 2.04. The summed E-state index contributed by atoms with van der Waals surface area (Å²) in [5.74, 6) is 1.92. The van der Waals surface area contributed by atoms with Crippen molar-refractivity contribution >= 4 is 5.91 Å². The zero-order valence-corrected chi connectivity index (χ0v) is 8.67. The molecule has 1 fully saturated rings. The number of hydrogen-bond donors (Lipinski definition) is 1. The van der Waals surface area contributed by atoms with Crippen LogP contribution in [0, 0.1) is 12.3 Å². The van der Waals surface area contributed by atoms with Crippen LogP contribution in [0.3, 0.4) is 0 Å². The number of nitrogens with two attached hydrogens (primary N) is 1. The molecule has 1 aromatic heterocycles. The third-order valence-electron chi connectivity index (χ3n) is 2.45. The van der Waals surface area contributed by atoms with Gasteiger partial charge in [0.1, 0.15) is 6.33 Å². The molecule has 6 heteroatoms. The highest BCUT2D eigenvalue weighted by Gasteiger charge is 2.27. The standard InChI is InChI=1S/C10H12N4O2/c1-2-3-7-4-5-8(16-7)14-6-12-10(13-14)9(11)15/h1,6-8H,3-5H2,(H2,11,15)/t7-,8-/m1/s1. The van der Waals surface area contributed by atoms with Gasteiger partial charge in [0.2, 0.25) is 5.82 Å². The highest BCUT2D eigenvalue weighted by Crippen LogP contribution is 2.28. The monoisotopic (exact) mass is 220 g/mol. The molecule has 2 rings (SSSR count). The average Bonchev–Trinajstić information content (AvgIpc) is 2.84. The molecule has 0 aliphatic carbocycles. The van der Waals surface area contributed by atoms with E-state index in [2.05, 4.69) is 16.0 Å². The van der Waals surface area contributed by atoms with E-state index in [1.54, 1.807) is 0 Å². The SMILES string of the molecule is C#CC[C@@H]1CC[C@H](n2cnc(C(N)=O)n2)O1. The molecule has 1 saturated heterocycles. The molecule has 0 bridgehead atoms. The molecule has 1 aliphatic rings. The van der Waals surface area contributed by atoms with E-state index in [1.165, 1.54) is 11.0 Å². The average molecular weight is 220 g/mol. The van der Waals surface area contributed by atoms with Crippen molar-refractivity contribution in [1.29, 1.82) is 0 Å². The minimum Gasteiger partial charge on any atom is -0.363 e. The van der Waals surface area contributed by atoms with E-state index in [1.807, 2.05) is 0 Å². The van der Waals surface area contributed by atoms with Crippen molar-refractivity contribution in [1.82, 2.24) is 14.8 Å². The molecule has 1 amide bonds. The number of aromatic nitrogens is 3.